The van der Waals surface area contributed by atoms with Gasteiger partial charge < -0.3 is 30.0 Å². The predicted octanol–water partition coefficient (Wildman–Crippen LogP) is 1.68. The van der Waals surface area contributed by atoms with Gasteiger partial charge in [0, 0.05) is 50.6 Å². The average molecular weight is 425 g/mol. The monoisotopic (exact) mass is 424 g/mol. The number of benzene rings is 1. The van der Waals surface area contributed by atoms with E-state index in [2.05, 4.69) is 64.6 Å². The van der Waals surface area contributed by atoms with Gasteiger partial charge in [0.25, 0.3) is 0 Å². The second kappa shape index (κ2) is 9.46. The van der Waals surface area contributed by atoms with Gasteiger partial charge in [0.15, 0.2) is 11.5 Å². The molecule has 2 saturated heterocycles. The third-order valence-corrected chi connectivity index (χ3v) is 5.62. The van der Waals surface area contributed by atoms with Gasteiger partial charge in [-0.2, -0.15) is 4.98 Å². The zero-order valence-electron chi connectivity index (χ0n) is 17.5. The zero-order valence-corrected chi connectivity index (χ0v) is 17.5. The zero-order chi connectivity index (χ0) is 20.9. The fourth-order valence-corrected chi connectivity index (χ4v) is 3.88. The molecule has 0 radical (unpaired) electrons. The van der Waals surface area contributed by atoms with Gasteiger partial charge in [-0.25, -0.2) is 9.97 Å². The molecule has 0 amide bonds. The number of aromatic nitrogens is 4. The molecular weight excluding hydrogens is 396 g/mol. The van der Waals surface area contributed by atoms with Gasteiger partial charge >= 0.3 is 0 Å². The highest BCUT2D eigenvalue weighted by molar-refractivity contribution is 5.86. The van der Waals surface area contributed by atoms with Gasteiger partial charge in [0.05, 0.1) is 26.4 Å². The summed E-state index contributed by atoms with van der Waals surface area (Å²) in [4.78, 5) is 21.3. The first kappa shape index (κ1) is 20.0. The molecule has 3 aromatic rings. The lowest BCUT2D eigenvalue weighted by molar-refractivity contribution is 0.0398. The van der Waals surface area contributed by atoms with E-state index >= 15 is 0 Å². The number of anilines is 4. The Morgan fingerprint density at radius 3 is 2.45 bits per heavy atom. The highest BCUT2D eigenvalue weighted by Gasteiger charge is 2.13. The Hall–Kier alpha value is -2.95. The number of morpholine rings is 2. The van der Waals surface area contributed by atoms with Crippen molar-refractivity contribution in [3.63, 3.8) is 0 Å². The molecule has 10 nitrogen and oxygen atoms in total. The van der Waals surface area contributed by atoms with Crippen LogP contribution in [0.4, 0.5) is 23.1 Å². The smallest absolute Gasteiger partial charge is 0.202 e. The van der Waals surface area contributed by atoms with Crippen molar-refractivity contribution < 1.29 is 9.47 Å². The third kappa shape index (κ3) is 4.87. The number of aromatic amines is 1. The number of ether oxygens (including phenoxy) is 2. The quantitative estimate of drug-likeness (QED) is 0.523. The van der Waals surface area contributed by atoms with E-state index in [1.54, 1.807) is 0 Å². The molecule has 0 bridgehead atoms. The van der Waals surface area contributed by atoms with Gasteiger partial charge in [0.2, 0.25) is 5.95 Å². The number of fused-ring (bicyclic) bond motifs is 1. The summed E-state index contributed by atoms with van der Waals surface area (Å²) in [5, 5.41) is 6.74. The fourth-order valence-electron chi connectivity index (χ4n) is 3.88. The summed E-state index contributed by atoms with van der Waals surface area (Å²) in [7, 11) is 0. The van der Waals surface area contributed by atoms with Crippen LogP contribution in [0.2, 0.25) is 0 Å². The SMILES string of the molecule is c1nc(Nc2ccc(N3CCOCC3)cc2)c2[nH]c(NCCN3CCOCC3)nc2n1. The van der Waals surface area contributed by atoms with Crippen LogP contribution >= 0.6 is 0 Å². The third-order valence-electron chi connectivity index (χ3n) is 5.62. The Morgan fingerprint density at radius 2 is 1.68 bits per heavy atom. The average Bonchev–Trinajstić information content (AvgIpc) is 3.25. The van der Waals surface area contributed by atoms with Crippen LogP contribution in [-0.2, 0) is 9.47 Å². The summed E-state index contributed by atoms with van der Waals surface area (Å²) >= 11 is 0. The van der Waals surface area contributed by atoms with Crippen molar-refractivity contribution in [3.05, 3.63) is 30.6 Å². The maximum absolute atomic E-state index is 5.43. The molecule has 10 heteroatoms. The first-order valence-corrected chi connectivity index (χ1v) is 10.8. The van der Waals surface area contributed by atoms with E-state index in [0.29, 0.717) is 17.4 Å². The largest absolute Gasteiger partial charge is 0.379 e. The maximum atomic E-state index is 5.43. The minimum Gasteiger partial charge on any atom is -0.379 e. The van der Waals surface area contributed by atoms with Gasteiger partial charge in [-0.3, -0.25) is 4.90 Å². The van der Waals surface area contributed by atoms with Crippen LogP contribution < -0.4 is 15.5 Å². The van der Waals surface area contributed by atoms with E-state index in [0.717, 1.165) is 76.9 Å². The van der Waals surface area contributed by atoms with Gasteiger partial charge in [0.1, 0.15) is 11.8 Å². The van der Waals surface area contributed by atoms with E-state index in [4.69, 9.17) is 9.47 Å². The lowest BCUT2D eigenvalue weighted by atomic mass is 10.2. The number of hydrogen-bond donors (Lipinski definition) is 3. The summed E-state index contributed by atoms with van der Waals surface area (Å²) < 4.78 is 10.8. The van der Waals surface area contributed by atoms with E-state index in [9.17, 15) is 0 Å². The molecular formula is C21H28N8O2. The maximum Gasteiger partial charge on any atom is 0.202 e. The molecule has 2 aliphatic heterocycles. The number of nitrogens with one attached hydrogen (secondary N) is 3. The fraction of sp³-hybridized carbons (Fsp3) is 0.476. The van der Waals surface area contributed by atoms with Crippen LogP contribution in [0.3, 0.4) is 0 Å². The first-order chi connectivity index (χ1) is 15.3. The number of rotatable bonds is 7. The molecule has 2 aromatic heterocycles. The topological polar surface area (TPSA) is 103 Å². The Balaban J connectivity index is 1.23. The Bertz CT molecular complexity index is 981. The van der Waals surface area contributed by atoms with Crippen molar-refractivity contribution in [2.45, 2.75) is 0 Å². The van der Waals surface area contributed by atoms with E-state index in [1.165, 1.54) is 12.0 Å². The van der Waals surface area contributed by atoms with Crippen LogP contribution in [-0.4, -0.2) is 90.5 Å². The molecule has 2 aliphatic rings. The van der Waals surface area contributed by atoms with E-state index in [1.807, 2.05) is 0 Å². The molecule has 0 unspecified atom stereocenters. The molecule has 4 heterocycles. The molecule has 31 heavy (non-hydrogen) atoms. The molecule has 3 N–H and O–H groups in total. The Morgan fingerprint density at radius 1 is 0.935 bits per heavy atom. The van der Waals surface area contributed by atoms with Crippen molar-refractivity contribution in [2.75, 3.05) is 81.2 Å². The van der Waals surface area contributed by atoms with Crippen LogP contribution in [0.25, 0.3) is 11.2 Å². The molecule has 2 fully saturated rings. The number of nitrogens with zero attached hydrogens (tertiary/aromatic N) is 5. The minimum atomic E-state index is 0.635. The van der Waals surface area contributed by atoms with E-state index in [-0.39, 0.29) is 0 Å². The van der Waals surface area contributed by atoms with Crippen molar-refractivity contribution in [1.29, 1.82) is 0 Å². The summed E-state index contributed by atoms with van der Waals surface area (Å²) in [6.45, 7) is 8.74. The highest BCUT2D eigenvalue weighted by atomic mass is 16.5. The molecule has 0 saturated carbocycles. The minimum absolute atomic E-state index is 0.635. The van der Waals surface area contributed by atoms with Crippen LogP contribution in [0.15, 0.2) is 30.6 Å². The molecule has 0 spiro atoms. The number of H-pyrrole nitrogens is 1. The normalized spacial score (nSPS) is 17.7. The van der Waals surface area contributed by atoms with Crippen molar-refractivity contribution in [2.24, 2.45) is 0 Å². The first-order valence-electron chi connectivity index (χ1n) is 10.8. The lowest BCUT2D eigenvalue weighted by Gasteiger charge is -2.28. The molecule has 0 atom stereocenters. The number of hydrogen-bond acceptors (Lipinski definition) is 9. The van der Waals surface area contributed by atoms with Crippen molar-refractivity contribution >= 4 is 34.3 Å². The second-order valence-corrected chi connectivity index (χ2v) is 7.66. The molecule has 164 valence electrons. The standard InChI is InChI=1S/C21H28N8O2/c1-3-17(29-9-13-31-14-10-29)4-2-16(1)25-19-18-20(24-15-23-19)27-21(26-18)22-5-6-28-7-11-30-12-8-28/h1-4,15H,5-14H2,(H3,22,23,24,25,26,27). The Labute approximate surface area is 181 Å². The summed E-state index contributed by atoms with van der Waals surface area (Å²) in [5.74, 6) is 1.41. The number of imidazole rings is 1. The molecule has 5 rings (SSSR count). The van der Waals surface area contributed by atoms with Crippen LogP contribution in [0.5, 0.6) is 0 Å². The molecule has 0 aliphatic carbocycles. The van der Waals surface area contributed by atoms with Crippen molar-refractivity contribution in [3.8, 4) is 0 Å². The van der Waals surface area contributed by atoms with Crippen LogP contribution in [0, 0.1) is 0 Å². The van der Waals surface area contributed by atoms with Crippen molar-refractivity contribution in [1.82, 2.24) is 24.8 Å². The lowest BCUT2D eigenvalue weighted by Crippen LogP contribution is -2.39. The van der Waals surface area contributed by atoms with Gasteiger partial charge in [-0.15, -0.1) is 0 Å². The predicted molar refractivity (Wildman–Crippen MR) is 120 cm³/mol. The highest BCUT2D eigenvalue weighted by Crippen LogP contribution is 2.25. The summed E-state index contributed by atoms with van der Waals surface area (Å²) in [6, 6.07) is 8.38. The van der Waals surface area contributed by atoms with Crippen LogP contribution in [0.1, 0.15) is 0 Å². The summed E-state index contributed by atoms with van der Waals surface area (Å²) in [5.41, 5.74) is 3.59. The second-order valence-electron chi connectivity index (χ2n) is 7.66. The Kier molecular flexibility index (Phi) is 6.10. The van der Waals surface area contributed by atoms with E-state index < -0.39 is 0 Å². The molecule has 1 aromatic carbocycles. The van der Waals surface area contributed by atoms with Gasteiger partial charge in [-0.05, 0) is 24.3 Å². The van der Waals surface area contributed by atoms with Gasteiger partial charge in [-0.1, -0.05) is 0 Å². The summed E-state index contributed by atoms with van der Waals surface area (Å²) in [6.07, 6.45) is 1.53.